The Kier molecular flexibility index (Phi) is 5.41. The fraction of sp³-hybridized carbons (Fsp3) is 0.833. The van der Waals surface area contributed by atoms with Crippen LogP contribution in [0.15, 0.2) is 0 Å². The van der Waals surface area contributed by atoms with E-state index in [-0.39, 0.29) is 17.6 Å². The van der Waals surface area contributed by atoms with Crippen molar-refractivity contribution in [3.8, 4) is 0 Å². The average Bonchev–Trinajstić information content (AvgIpc) is 2.35. The molecule has 1 aliphatic heterocycles. The van der Waals surface area contributed by atoms with Crippen LogP contribution in [0.5, 0.6) is 0 Å². The van der Waals surface area contributed by atoms with Crippen molar-refractivity contribution in [3.63, 3.8) is 0 Å². The molecule has 0 saturated carbocycles. The quantitative estimate of drug-likeness (QED) is 0.809. The molecule has 98 valence electrons. The summed E-state index contributed by atoms with van der Waals surface area (Å²) in [6.45, 7) is 4.98. The fourth-order valence-electron chi connectivity index (χ4n) is 2.02. The number of carbonyl (C=O) groups is 2. The van der Waals surface area contributed by atoms with Crippen molar-refractivity contribution in [1.29, 1.82) is 0 Å². The maximum atomic E-state index is 12.1. The van der Waals surface area contributed by atoms with Gasteiger partial charge in [-0.15, -0.1) is 0 Å². The van der Waals surface area contributed by atoms with Crippen molar-refractivity contribution in [1.82, 2.24) is 5.32 Å². The van der Waals surface area contributed by atoms with E-state index in [1.54, 1.807) is 0 Å². The number of amides is 1. The molecule has 1 aliphatic rings. The zero-order valence-corrected chi connectivity index (χ0v) is 10.7. The second-order valence-electron chi connectivity index (χ2n) is 4.62. The second-order valence-corrected chi connectivity index (χ2v) is 4.62. The predicted molar refractivity (Wildman–Crippen MR) is 62.7 cm³/mol. The van der Waals surface area contributed by atoms with Gasteiger partial charge in [0.2, 0.25) is 0 Å². The third kappa shape index (κ3) is 4.00. The Labute approximate surface area is 102 Å². The lowest BCUT2D eigenvalue weighted by atomic mass is 9.85. The van der Waals surface area contributed by atoms with Crippen LogP contribution >= 0.6 is 0 Å². The van der Waals surface area contributed by atoms with Gasteiger partial charge >= 0.3 is 6.09 Å². The monoisotopic (exact) mass is 243 g/mol. The number of hydrogen-bond acceptors (Lipinski definition) is 4. The third-order valence-electron chi connectivity index (χ3n) is 3.07. The van der Waals surface area contributed by atoms with Crippen molar-refractivity contribution in [2.75, 3.05) is 20.3 Å². The molecule has 17 heavy (non-hydrogen) atoms. The van der Waals surface area contributed by atoms with E-state index >= 15 is 0 Å². The third-order valence-corrected chi connectivity index (χ3v) is 3.07. The van der Waals surface area contributed by atoms with Gasteiger partial charge in [-0.1, -0.05) is 13.8 Å². The Morgan fingerprint density at radius 1 is 1.29 bits per heavy atom. The molecule has 0 spiro atoms. The van der Waals surface area contributed by atoms with Gasteiger partial charge in [-0.25, -0.2) is 4.79 Å². The number of methoxy groups -OCH3 is 1. The van der Waals surface area contributed by atoms with E-state index in [1.165, 1.54) is 7.11 Å². The highest BCUT2D eigenvalue weighted by Gasteiger charge is 2.32. The summed E-state index contributed by atoms with van der Waals surface area (Å²) in [5, 5.41) is 2.65. The molecular weight excluding hydrogens is 222 g/mol. The van der Waals surface area contributed by atoms with Gasteiger partial charge in [0.1, 0.15) is 0 Å². The Morgan fingerprint density at radius 3 is 2.35 bits per heavy atom. The molecule has 0 aromatic carbocycles. The van der Waals surface area contributed by atoms with E-state index in [0.29, 0.717) is 13.2 Å². The second kappa shape index (κ2) is 6.59. The molecule has 0 bridgehead atoms. The lowest BCUT2D eigenvalue weighted by Crippen LogP contribution is -2.49. The fourth-order valence-corrected chi connectivity index (χ4v) is 2.02. The molecule has 1 amide bonds. The molecule has 0 aromatic heterocycles. The summed E-state index contributed by atoms with van der Waals surface area (Å²) in [6.07, 6.45) is 1.05. The molecule has 1 fully saturated rings. The summed E-state index contributed by atoms with van der Waals surface area (Å²) in [5.74, 6) is 0.111. The number of carbonyl (C=O) groups excluding carboxylic acids is 2. The van der Waals surface area contributed by atoms with E-state index in [0.717, 1.165) is 12.8 Å². The molecule has 5 heteroatoms. The van der Waals surface area contributed by atoms with Gasteiger partial charge in [0, 0.05) is 19.1 Å². The zero-order chi connectivity index (χ0) is 12.8. The Morgan fingerprint density at radius 2 is 1.88 bits per heavy atom. The number of ether oxygens (including phenoxy) is 2. The summed E-state index contributed by atoms with van der Waals surface area (Å²) in [7, 11) is 1.30. The van der Waals surface area contributed by atoms with Crippen LogP contribution in [0.4, 0.5) is 4.79 Å². The van der Waals surface area contributed by atoms with Gasteiger partial charge in [0.05, 0.1) is 13.2 Å². The number of rotatable bonds is 4. The van der Waals surface area contributed by atoms with Gasteiger partial charge < -0.3 is 14.8 Å². The van der Waals surface area contributed by atoms with Crippen LogP contribution in [-0.2, 0) is 14.3 Å². The first-order valence-electron chi connectivity index (χ1n) is 6.02. The minimum atomic E-state index is -0.546. The van der Waals surface area contributed by atoms with Crippen molar-refractivity contribution < 1.29 is 19.1 Å². The number of ketones is 1. The molecular formula is C12H21NO4. The van der Waals surface area contributed by atoms with E-state index in [2.05, 4.69) is 10.1 Å². The summed E-state index contributed by atoms with van der Waals surface area (Å²) in [5.41, 5.74) is 0. The van der Waals surface area contributed by atoms with Crippen LogP contribution in [0.25, 0.3) is 0 Å². The van der Waals surface area contributed by atoms with E-state index in [1.807, 2.05) is 13.8 Å². The highest BCUT2D eigenvalue weighted by molar-refractivity contribution is 5.89. The molecule has 0 unspecified atom stereocenters. The molecule has 1 rings (SSSR count). The predicted octanol–water partition coefficient (Wildman–Crippen LogP) is 1.36. The molecule has 1 heterocycles. The maximum Gasteiger partial charge on any atom is 0.407 e. The van der Waals surface area contributed by atoms with Gasteiger partial charge in [0.15, 0.2) is 5.78 Å². The molecule has 1 atom stereocenters. The Hall–Kier alpha value is -1.10. The SMILES string of the molecule is COC(=O)N[C@H](C(=O)C(C)C)C1CCOCC1. The highest BCUT2D eigenvalue weighted by Crippen LogP contribution is 2.21. The number of Topliss-reactive ketones (excluding diaryl/α,β-unsaturated/α-hetero) is 1. The molecule has 0 radical (unpaired) electrons. The lowest BCUT2D eigenvalue weighted by molar-refractivity contribution is -0.126. The van der Waals surface area contributed by atoms with Crippen molar-refractivity contribution in [2.45, 2.75) is 32.7 Å². The minimum Gasteiger partial charge on any atom is -0.453 e. The summed E-state index contributed by atoms with van der Waals surface area (Å²) < 4.78 is 9.83. The first-order valence-corrected chi connectivity index (χ1v) is 6.02. The van der Waals surface area contributed by atoms with E-state index in [4.69, 9.17) is 4.74 Å². The van der Waals surface area contributed by atoms with Crippen LogP contribution < -0.4 is 5.32 Å². The summed E-state index contributed by atoms with van der Waals surface area (Å²) >= 11 is 0. The first kappa shape index (κ1) is 14.0. The topological polar surface area (TPSA) is 64.6 Å². The molecule has 1 saturated heterocycles. The van der Waals surface area contributed by atoms with E-state index < -0.39 is 12.1 Å². The van der Waals surface area contributed by atoms with E-state index in [9.17, 15) is 9.59 Å². The first-order chi connectivity index (χ1) is 8.06. The molecule has 0 aromatic rings. The zero-order valence-electron chi connectivity index (χ0n) is 10.7. The van der Waals surface area contributed by atoms with Crippen LogP contribution in [0.1, 0.15) is 26.7 Å². The standard InChI is InChI=1S/C12H21NO4/c1-8(2)11(14)10(13-12(15)16-3)9-4-6-17-7-5-9/h8-10H,4-7H2,1-3H3,(H,13,15)/t10-/m0/s1. The largest absolute Gasteiger partial charge is 0.453 e. The van der Waals surface area contributed by atoms with Crippen LogP contribution in [0.3, 0.4) is 0 Å². The lowest BCUT2D eigenvalue weighted by Gasteiger charge is -2.30. The van der Waals surface area contributed by atoms with Crippen LogP contribution in [0.2, 0.25) is 0 Å². The summed E-state index contributed by atoms with van der Waals surface area (Å²) in [4.78, 5) is 23.4. The van der Waals surface area contributed by atoms with Gasteiger partial charge in [-0.2, -0.15) is 0 Å². The van der Waals surface area contributed by atoms with Gasteiger partial charge in [-0.3, -0.25) is 4.79 Å². The van der Waals surface area contributed by atoms with Gasteiger partial charge in [0.25, 0.3) is 0 Å². The number of alkyl carbamates (subject to hydrolysis) is 1. The molecule has 1 N–H and O–H groups in total. The van der Waals surface area contributed by atoms with Gasteiger partial charge in [-0.05, 0) is 18.8 Å². The van der Waals surface area contributed by atoms with Crippen LogP contribution in [-0.4, -0.2) is 38.2 Å². The van der Waals surface area contributed by atoms with Crippen molar-refractivity contribution in [3.05, 3.63) is 0 Å². The van der Waals surface area contributed by atoms with Crippen molar-refractivity contribution >= 4 is 11.9 Å². The average molecular weight is 243 g/mol. The molecule has 5 nitrogen and oxygen atoms in total. The summed E-state index contributed by atoms with van der Waals surface area (Å²) in [6, 6.07) is -0.452. The Bertz CT molecular complexity index is 272. The number of nitrogens with one attached hydrogen (secondary N) is 1. The molecule has 0 aliphatic carbocycles. The highest BCUT2D eigenvalue weighted by atomic mass is 16.5. The minimum absolute atomic E-state index is 0.0577. The Balaban J connectivity index is 2.69. The number of hydrogen-bond donors (Lipinski definition) is 1. The van der Waals surface area contributed by atoms with Crippen molar-refractivity contribution in [2.24, 2.45) is 11.8 Å². The maximum absolute atomic E-state index is 12.1. The smallest absolute Gasteiger partial charge is 0.407 e. The van der Waals surface area contributed by atoms with Crippen LogP contribution in [0, 0.1) is 11.8 Å². The normalized spacial score (nSPS) is 18.8.